The first-order valence-electron chi connectivity index (χ1n) is 1.91. The van der Waals surface area contributed by atoms with Gasteiger partial charge >= 0.3 is 6.16 Å². The predicted molar refractivity (Wildman–Crippen MR) is 28.2 cm³/mol. The van der Waals surface area contributed by atoms with Crippen molar-refractivity contribution in [1.82, 2.24) is 0 Å². The molecule has 0 aliphatic carbocycles. The molecule has 0 aliphatic rings. The van der Waals surface area contributed by atoms with E-state index in [2.05, 4.69) is 20.9 Å². The lowest BCUT2D eigenvalue weighted by Crippen LogP contribution is -1.93. The minimum atomic E-state index is -0.926. The lowest BCUT2D eigenvalue weighted by atomic mass is 10.7. The van der Waals surface area contributed by atoms with Crippen LogP contribution < -0.4 is 0 Å². The van der Waals surface area contributed by atoms with Crippen molar-refractivity contribution in [2.75, 3.05) is 0 Å². The molecule has 3 nitrogen and oxygen atoms in total. The molecular weight excluding hydrogens is 131 g/mol. The molecule has 0 amide bonds. The first-order chi connectivity index (χ1) is 3.81. The second kappa shape index (κ2) is 4.46. The van der Waals surface area contributed by atoms with Crippen molar-refractivity contribution >= 4 is 18.0 Å². The molecule has 0 aliphatic heterocycles. The van der Waals surface area contributed by atoms with Crippen LogP contribution in [0.5, 0.6) is 0 Å². The second-order valence-corrected chi connectivity index (χ2v) is 1.07. The monoisotopic (exact) mass is 136 g/mol. The minimum absolute atomic E-state index is 0.926. The first kappa shape index (κ1) is 7.30. The lowest BCUT2D eigenvalue weighted by molar-refractivity contribution is 0.140. The molecule has 0 saturated heterocycles. The van der Waals surface area contributed by atoms with E-state index in [1.807, 2.05) is 0 Å². The highest BCUT2D eigenvalue weighted by molar-refractivity contribution is 6.12. The Hall–Kier alpha value is -0.700. The number of ether oxygens (including phenoxy) is 1. The number of hydrogen-bond donors (Lipinski definition) is 0. The number of hydrogen-bond acceptors (Lipinski definition) is 3. The fourth-order valence-electron chi connectivity index (χ4n) is 0.142. The van der Waals surface area contributed by atoms with Gasteiger partial charge < -0.3 is 9.03 Å². The normalized spacial score (nSPS) is 9.25. The molecule has 0 fully saturated rings. The molecule has 0 aromatic rings. The molecule has 4 heteroatoms. The Morgan fingerprint density at radius 3 is 2.75 bits per heavy atom. The van der Waals surface area contributed by atoms with Gasteiger partial charge in [-0.15, -0.1) is 0 Å². The Balaban J connectivity index is 3.25. The van der Waals surface area contributed by atoms with Crippen molar-refractivity contribution in [2.24, 2.45) is 0 Å². The zero-order chi connectivity index (χ0) is 6.41. The third kappa shape index (κ3) is 3.49. The van der Waals surface area contributed by atoms with E-state index in [1.165, 1.54) is 12.3 Å². The van der Waals surface area contributed by atoms with Gasteiger partial charge in [-0.3, -0.25) is 0 Å². The topological polar surface area (TPSA) is 35.5 Å². The maximum atomic E-state index is 9.94. The molecule has 0 N–H and O–H groups in total. The van der Waals surface area contributed by atoms with E-state index in [0.717, 1.165) is 0 Å². The van der Waals surface area contributed by atoms with Gasteiger partial charge in [0, 0.05) is 0 Å². The van der Waals surface area contributed by atoms with Crippen molar-refractivity contribution in [3.63, 3.8) is 0 Å². The van der Waals surface area contributed by atoms with E-state index in [4.69, 9.17) is 0 Å². The first-order valence-corrected chi connectivity index (χ1v) is 2.22. The highest BCUT2D eigenvalue weighted by Crippen LogP contribution is 1.87. The Labute approximate surface area is 52.0 Å². The number of rotatable bonds is 1. The summed E-state index contributed by atoms with van der Waals surface area (Å²) in [6, 6.07) is 0. The predicted octanol–water partition coefficient (Wildman–Crippen LogP) is 1.83. The van der Waals surface area contributed by atoms with Crippen LogP contribution in [0.4, 0.5) is 4.79 Å². The summed E-state index contributed by atoms with van der Waals surface area (Å²) in [4.78, 5) is 9.94. The molecule has 0 bridgehead atoms. The summed E-state index contributed by atoms with van der Waals surface area (Å²) in [5, 5.41) is 0. The molecule has 0 aromatic heterocycles. The smallest absolute Gasteiger partial charge is 0.402 e. The fraction of sp³-hybridized carbons (Fsp3) is 0.250. The van der Waals surface area contributed by atoms with E-state index in [0.29, 0.717) is 0 Å². The zero-order valence-corrected chi connectivity index (χ0v) is 5.01. The quantitative estimate of drug-likeness (QED) is 0.408. The molecule has 8 heavy (non-hydrogen) atoms. The standard InChI is InChI=1S/C4H5ClO3/c1-2-3-7-4(6)8-5/h2-3H,1H3. The largest absolute Gasteiger partial charge is 0.531 e. The number of halogens is 1. The van der Waals surface area contributed by atoms with Gasteiger partial charge in [0.15, 0.2) is 0 Å². The molecule has 0 spiro atoms. The van der Waals surface area contributed by atoms with Crippen LogP contribution in [-0.4, -0.2) is 6.16 Å². The molecule has 0 unspecified atom stereocenters. The lowest BCUT2D eigenvalue weighted by Gasteiger charge is -1.88. The fourth-order valence-corrected chi connectivity index (χ4v) is 0.178. The van der Waals surface area contributed by atoms with Crippen LogP contribution in [-0.2, 0) is 9.03 Å². The molecule has 0 atom stereocenters. The summed E-state index contributed by atoms with van der Waals surface area (Å²) in [6.07, 6.45) is 1.78. The van der Waals surface area contributed by atoms with E-state index in [1.54, 1.807) is 6.92 Å². The minimum Gasteiger partial charge on any atom is -0.402 e. The van der Waals surface area contributed by atoms with Crippen molar-refractivity contribution in [3.8, 4) is 0 Å². The summed E-state index contributed by atoms with van der Waals surface area (Å²) in [6.45, 7) is 1.70. The molecule has 46 valence electrons. The van der Waals surface area contributed by atoms with Gasteiger partial charge in [-0.1, -0.05) is 6.08 Å². The van der Waals surface area contributed by atoms with Gasteiger partial charge in [0.25, 0.3) is 0 Å². The van der Waals surface area contributed by atoms with E-state index < -0.39 is 6.16 Å². The number of carbonyl (C=O) groups is 1. The van der Waals surface area contributed by atoms with Crippen molar-refractivity contribution in [1.29, 1.82) is 0 Å². The Bertz CT molecular complexity index is 99.5. The van der Waals surface area contributed by atoms with Gasteiger partial charge in [0.05, 0.1) is 6.26 Å². The molecule has 0 radical (unpaired) electrons. The maximum Gasteiger partial charge on any atom is 0.531 e. The van der Waals surface area contributed by atoms with E-state index in [9.17, 15) is 4.79 Å². The van der Waals surface area contributed by atoms with Crippen LogP contribution in [0, 0.1) is 0 Å². The van der Waals surface area contributed by atoms with Crippen molar-refractivity contribution in [2.45, 2.75) is 6.92 Å². The number of allylic oxidation sites excluding steroid dienone is 1. The van der Waals surface area contributed by atoms with Crippen molar-refractivity contribution in [3.05, 3.63) is 12.3 Å². The summed E-state index contributed by atoms with van der Waals surface area (Å²) >= 11 is 4.58. The summed E-state index contributed by atoms with van der Waals surface area (Å²) in [7, 11) is 0. The van der Waals surface area contributed by atoms with Crippen LogP contribution in [0.3, 0.4) is 0 Å². The molecule has 0 saturated carbocycles. The average molecular weight is 137 g/mol. The van der Waals surface area contributed by atoms with Crippen LogP contribution in [0.15, 0.2) is 12.3 Å². The maximum absolute atomic E-state index is 9.94. The summed E-state index contributed by atoms with van der Waals surface area (Å²) < 4.78 is 7.78. The van der Waals surface area contributed by atoms with E-state index in [-0.39, 0.29) is 0 Å². The Kier molecular flexibility index (Phi) is 4.07. The molecular formula is C4H5ClO3. The molecule has 0 aromatic carbocycles. The van der Waals surface area contributed by atoms with Crippen LogP contribution >= 0.6 is 11.9 Å². The second-order valence-electron chi connectivity index (χ2n) is 0.914. The number of carbonyl (C=O) groups excluding carboxylic acids is 1. The summed E-state index contributed by atoms with van der Waals surface area (Å²) in [5.41, 5.74) is 0. The zero-order valence-electron chi connectivity index (χ0n) is 4.26. The average Bonchev–Trinajstić information content (AvgIpc) is 1.83. The Morgan fingerprint density at radius 2 is 2.38 bits per heavy atom. The third-order valence-corrected chi connectivity index (χ3v) is 0.489. The van der Waals surface area contributed by atoms with Gasteiger partial charge in [-0.25, -0.2) is 4.79 Å². The van der Waals surface area contributed by atoms with Gasteiger partial charge in [-0.05, 0) is 6.92 Å². The highest BCUT2D eigenvalue weighted by atomic mass is 35.5. The van der Waals surface area contributed by atoms with Crippen LogP contribution in [0.25, 0.3) is 0 Å². The third-order valence-electron chi connectivity index (χ3n) is 0.363. The SMILES string of the molecule is CC=COC(=O)OCl. The van der Waals surface area contributed by atoms with Gasteiger partial charge in [-0.2, -0.15) is 0 Å². The van der Waals surface area contributed by atoms with Crippen LogP contribution in [0.2, 0.25) is 0 Å². The Morgan fingerprint density at radius 1 is 1.75 bits per heavy atom. The van der Waals surface area contributed by atoms with Gasteiger partial charge in [0.1, 0.15) is 11.9 Å². The summed E-state index contributed by atoms with van der Waals surface area (Å²) in [5.74, 6) is 0. The van der Waals surface area contributed by atoms with Gasteiger partial charge in [0.2, 0.25) is 0 Å². The molecule has 0 heterocycles. The molecule has 0 rings (SSSR count). The van der Waals surface area contributed by atoms with Crippen LogP contribution in [0.1, 0.15) is 6.92 Å². The van der Waals surface area contributed by atoms with E-state index >= 15 is 0 Å². The van der Waals surface area contributed by atoms with Crippen molar-refractivity contribution < 1.29 is 13.8 Å². The highest BCUT2D eigenvalue weighted by Gasteiger charge is 1.95.